The average Bonchev–Trinajstić information content (AvgIpc) is 2.66. The minimum atomic E-state index is -0.870. The molecule has 166 valence electrons. The van der Waals surface area contributed by atoms with Gasteiger partial charge in [-0.3, -0.25) is 9.59 Å². The van der Waals surface area contributed by atoms with Gasteiger partial charge in [-0.1, -0.05) is 0 Å². The Balaban J connectivity index is 0.000000787. The topological polar surface area (TPSA) is 154 Å². The Morgan fingerprint density at radius 3 is 2.30 bits per heavy atom. The van der Waals surface area contributed by atoms with Crippen LogP contribution in [0.1, 0.15) is 26.7 Å². The standard InChI is InChI=1S/C14H18N2O4S.C4H7NO4/c1-9(17)15-11-4-6-12(7-5-11)20-14(19)13(8-21-3)16-10(2)18;6-3-1-2-4-9-5(7)8/h4-7,13H,8H2,1-3H3,(H,15,17)(H,16,18);3H,1-2,4H2. The number of aldehydes is 1. The van der Waals surface area contributed by atoms with Crippen LogP contribution in [0.15, 0.2) is 24.3 Å². The molecule has 0 aromatic heterocycles. The number of carbonyl (C=O) groups is 4. The monoisotopic (exact) mass is 443 g/mol. The van der Waals surface area contributed by atoms with Crippen molar-refractivity contribution >= 4 is 41.5 Å². The summed E-state index contributed by atoms with van der Waals surface area (Å²) in [6.07, 6.45) is 3.26. The van der Waals surface area contributed by atoms with Crippen molar-refractivity contribution in [3.8, 4) is 5.75 Å². The van der Waals surface area contributed by atoms with Crippen LogP contribution in [0.5, 0.6) is 5.75 Å². The van der Waals surface area contributed by atoms with Crippen molar-refractivity contribution in [2.24, 2.45) is 0 Å². The lowest BCUT2D eigenvalue weighted by Gasteiger charge is -2.15. The summed E-state index contributed by atoms with van der Waals surface area (Å²) in [5.41, 5.74) is 0.616. The van der Waals surface area contributed by atoms with E-state index in [4.69, 9.17) is 4.74 Å². The van der Waals surface area contributed by atoms with Crippen molar-refractivity contribution in [1.29, 1.82) is 0 Å². The SMILES string of the molecule is CSCC(NC(C)=O)C(=O)Oc1ccc(NC(C)=O)cc1.O=CCCCO[N+](=O)[O-]. The van der Waals surface area contributed by atoms with Gasteiger partial charge in [-0.2, -0.15) is 11.8 Å². The summed E-state index contributed by atoms with van der Waals surface area (Å²) >= 11 is 1.44. The first-order valence-corrected chi connectivity index (χ1v) is 10.1. The van der Waals surface area contributed by atoms with Crippen molar-refractivity contribution in [1.82, 2.24) is 5.32 Å². The first-order chi connectivity index (χ1) is 14.2. The number of carbonyl (C=O) groups excluding carboxylic acids is 4. The molecule has 1 rings (SSSR count). The second-order valence-electron chi connectivity index (χ2n) is 5.70. The number of hydrogen-bond donors (Lipinski definition) is 2. The molecule has 0 bridgehead atoms. The van der Waals surface area contributed by atoms with Crippen molar-refractivity contribution in [3.63, 3.8) is 0 Å². The lowest BCUT2D eigenvalue weighted by Crippen LogP contribution is -2.43. The quantitative estimate of drug-likeness (QED) is 0.130. The van der Waals surface area contributed by atoms with E-state index >= 15 is 0 Å². The maximum Gasteiger partial charge on any atom is 0.334 e. The molecule has 0 saturated heterocycles. The molecule has 1 aromatic rings. The summed E-state index contributed by atoms with van der Waals surface area (Å²) in [7, 11) is 0. The van der Waals surface area contributed by atoms with Crippen molar-refractivity contribution in [2.75, 3.05) is 23.9 Å². The van der Waals surface area contributed by atoms with Gasteiger partial charge in [0.15, 0.2) is 0 Å². The highest BCUT2D eigenvalue weighted by molar-refractivity contribution is 7.98. The number of thioether (sulfide) groups is 1. The molecule has 0 aliphatic heterocycles. The van der Waals surface area contributed by atoms with Crippen LogP contribution in [-0.2, 0) is 24.0 Å². The predicted molar refractivity (Wildman–Crippen MR) is 111 cm³/mol. The number of anilines is 1. The molecule has 0 aliphatic carbocycles. The van der Waals surface area contributed by atoms with Crippen LogP contribution in [0.2, 0.25) is 0 Å². The third-order valence-electron chi connectivity index (χ3n) is 3.05. The highest BCUT2D eigenvalue weighted by Crippen LogP contribution is 2.16. The predicted octanol–water partition coefficient (Wildman–Crippen LogP) is 1.59. The maximum atomic E-state index is 12.0. The third kappa shape index (κ3) is 13.9. The molecule has 0 radical (unpaired) electrons. The Bertz CT molecular complexity index is 712. The maximum absolute atomic E-state index is 12.0. The fourth-order valence-corrected chi connectivity index (χ4v) is 2.44. The molecular formula is C18H25N3O8S. The molecule has 1 aromatic carbocycles. The molecule has 1 unspecified atom stereocenters. The van der Waals surface area contributed by atoms with Crippen LogP contribution in [-0.4, -0.2) is 53.8 Å². The molecule has 1 atom stereocenters. The molecule has 0 saturated carbocycles. The molecule has 0 aliphatic rings. The minimum absolute atomic E-state index is 0.00569. The first-order valence-electron chi connectivity index (χ1n) is 8.75. The lowest BCUT2D eigenvalue weighted by molar-refractivity contribution is -0.757. The molecule has 0 spiro atoms. The number of hydrogen-bond acceptors (Lipinski definition) is 9. The molecule has 0 heterocycles. The highest BCUT2D eigenvalue weighted by Gasteiger charge is 2.21. The van der Waals surface area contributed by atoms with E-state index in [9.17, 15) is 29.3 Å². The zero-order valence-corrected chi connectivity index (χ0v) is 17.7. The van der Waals surface area contributed by atoms with Crippen LogP contribution in [0.25, 0.3) is 0 Å². The molecule has 12 heteroatoms. The molecule has 30 heavy (non-hydrogen) atoms. The Labute approximate surface area is 178 Å². The average molecular weight is 443 g/mol. The largest absolute Gasteiger partial charge is 0.425 e. The van der Waals surface area contributed by atoms with Crippen LogP contribution in [0.4, 0.5) is 5.69 Å². The summed E-state index contributed by atoms with van der Waals surface area (Å²) in [6.45, 7) is 2.77. The second-order valence-corrected chi connectivity index (χ2v) is 6.61. The fourth-order valence-electron chi connectivity index (χ4n) is 1.88. The van der Waals surface area contributed by atoms with Gasteiger partial charge in [0.1, 0.15) is 18.1 Å². The first kappa shape index (κ1) is 26.9. The van der Waals surface area contributed by atoms with E-state index in [-0.39, 0.29) is 18.4 Å². The van der Waals surface area contributed by atoms with Gasteiger partial charge < -0.3 is 25.0 Å². The van der Waals surface area contributed by atoms with Gasteiger partial charge in [-0.05, 0) is 36.9 Å². The Morgan fingerprint density at radius 2 is 1.83 bits per heavy atom. The van der Waals surface area contributed by atoms with Gasteiger partial charge in [0, 0.05) is 31.7 Å². The zero-order valence-electron chi connectivity index (χ0n) is 16.9. The number of rotatable bonds is 11. The van der Waals surface area contributed by atoms with Gasteiger partial charge >= 0.3 is 5.97 Å². The molecule has 0 fully saturated rings. The normalized spacial score (nSPS) is 10.5. The second kappa shape index (κ2) is 15.7. The molecular weight excluding hydrogens is 418 g/mol. The molecule has 2 N–H and O–H groups in total. The van der Waals surface area contributed by atoms with E-state index in [0.29, 0.717) is 36.3 Å². The third-order valence-corrected chi connectivity index (χ3v) is 3.72. The highest BCUT2D eigenvalue weighted by atomic mass is 32.2. The number of esters is 1. The van der Waals surface area contributed by atoms with Gasteiger partial charge in [0.2, 0.25) is 11.8 Å². The van der Waals surface area contributed by atoms with Gasteiger partial charge in [-0.15, -0.1) is 10.1 Å². The summed E-state index contributed by atoms with van der Waals surface area (Å²) in [4.78, 5) is 56.9. The number of benzene rings is 1. The van der Waals surface area contributed by atoms with E-state index in [2.05, 4.69) is 15.5 Å². The molecule has 11 nitrogen and oxygen atoms in total. The van der Waals surface area contributed by atoms with Crippen LogP contribution in [0.3, 0.4) is 0 Å². The summed E-state index contributed by atoms with van der Waals surface area (Å²) in [5.74, 6) is -0.197. The van der Waals surface area contributed by atoms with Crippen molar-refractivity contribution in [2.45, 2.75) is 32.7 Å². The van der Waals surface area contributed by atoms with E-state index in [0.717, 1.165) is 0 Å². The number of nitrogens with zero attached hydrogens (tertiary/aromatic N) is 1. The zero-order chi connectivity index (χ0) is 22.9. The Morgan fingerprint density at radius 1 is 1.20 bits per heavy atom. The van der Waals surface area contributed by atoms with Gasteiger partial charge in [0.05, 0.1) is 6.61 Å². The number of unbranched alkanes of at least 4 members (excludes halogenated alkanes) is 1. The van der Waals surface area contributed by atoms with E-state index in [1.54, 1.807) is 24.3 Å². The summed E-state index contributed by atoms with van der Waals surface area (Å²) in [5, 5.41) is 13.7. The van der Waals surface area contributed by atoms with Crippen LogP contribution in [0, 0.1) is 10.1 Å². The number of amides is 2. The lowest BCUT2D eigenvalue weighted by atomic mass is 10.3. The Hall–Kier alpha value is -3.15. The number of nitrogens with one attached hydrogen (secondary N) is 2. The summed E-state index contributed by atoms with van der Waals surface area (Å²) in [6, 6.07) is 5.73. The fraction of sp³-hybridized carbons (Fsp3) is 0.444. The van der Waals surface area contributed by atoms with Crippen LogP contribution < -0.4 is 15.4 Å². The molecule has 2 amide bonds. The van der Waals surface area contributed by atoms with Crippen molar-refractivity contribution in [3.05, 3.63) is 34.4 Å². The van der Waals surface area contributed by atoms with E-state index < -0.39 is 17.1 Å². The number of ether oxygens (including phenoxy) is 1. The van der Waals surface area contributed by atoms with Crippen LogP contribution >= 0.6 is 11.8 Å². The van der Waals surface area contributed by atoms with E-state index in [1.165, 1.54) is 25.6 Å². The van der Waals surface area contributed by atoms with Crippen molar-refractivity contribution < 1.29 is 33.8 Å². The van der Waals surface area contributed by atoms with Gasteiger partial charge in [0.25, 0.3) is 5.09 Å². The summed E-state index contributed by atoms with van der Waals surface area (Å²) < 4.78 is 5.21. The van der Waals surface area contributed by atoms with E-state index in [1.807, 2.05) is 6.26 Å². The van der Waals surface area contributed by atoms with Gasteiger partial charge in [-0.25, -0.2) is 4.79 Å². The Kier molecular flexibility index (Phi) is 14.1. The minimum Gasteiger partial charge on any atom is -0.425 e. The smallest absolute Gasteiger partial charge is 0.334 e.